The summed E-state index contributed by atoms with van der Waals surface area (Å²) >= 11 is 0. The average molecular weight is 666 g/mol. The number of aliphatic carboxylic acids is 1. The molecule has 0 aliphatic carbocycles. The Hall–Kier alpha value is -4.96. The summed E-state index contributed by atoms with van der Waals surface area (Å²) in [5.41, 5.74) is -4.25. The summed E-state index contributed by atoms with van der Waals surface area (Å²) in [6, 6.07) is 9.70. The number of ketones is 1. The lowest BCUT2D eigenvalue weighted by Gasteiger charge is -2.32. The molecule has 3 rings (SSSR count). The number of non-ortho nitro benzene ring substituents is 1. The third kappa shape index (κ3) is 9.29. The number of nitrogens with zero attached hydrogens (tertiary/aromatic N) is 1. The summed E-state index contributed by atoms with van der Waals surface area (Å²) in [6.45, 7) is 2.98. The van der Waals surface area contributed by atoms with Crippen LogP contribution in [0.3, 0.4) is 0 Å². The Kier molecular flexibility index (Phi) is 12.5. The minimum Gasteiger partial charge on any atom is -0.493 e. The summed E-state index contributed by atoms with van der Waals surface area (Å²) < 4.78 is 58.1. The monoisotopic (exact) mass is 665 g/mol. The molecule has 0 saturated carbocycles. The number of ether oxygens (including phenoxy) is 3. The molecule has 0 radical (unpaired) electrons. The van der Waals surface area contributed by atoms with Crippen LogP contribution in [0.15, 0.2) is 65.0 Å². The minimum absolute atomic E-state index is 0.0283. The Morgan fingerprint density at radius 1 is 1.09 bits per heavy atom. The van der Waals surface area contributed by atoms with Crippen molar-refractivity contribution >= 4 is 23.4 Å². The van der Waals surface area contributed by atoms with Crippen molar-refractivity contribution in [3.05, 3.63) is 86.2 Å². The molecule has 4 N–H and O–H groups in total. The number of Topliss-reactive ketones (excluding diaryl/α,β-unsaturated/α-hetero) is 1. The number of carbonyl (C=O) groups is 3. The highest BCUT2D eigenvalue weighted by Gasteiger charge is 2.48. The van der Waals surface area contributed by atoms with E-state index in [1.807, 2.05) is 5.32 Å². The molecule has 0 aromatic heterocycles. The highest BCUT2D eigenvalue weighted by molar-refractivity contribution is 6.00. The highest BCUT2D eigenvalue weighted by Crippen LogP contribution is 2.46. The number of nitro groups is 1. The number of carboxylic acid groups (broad SMARTS) is 1. The number of para-hydroxylation sites is 1. The first-order chi connectivity index (χ1) is 22.2. The maximum absolute atomic E-state index is 14.1. The molecule has 0 amide bonds. The number of esters is 1. The molecule has 0 bridgehead atoms. The third-order valence-electron chi connectivity index (χ3n) is 7.08. The van der Waals surface area contributed by atoms with Gasteiger partial charge in [-0.25, -0.2) is 9.59 Å². The van der Waals surface area contributed by atoms with Crippen LogP contribution in [0.2, 0.25) is 0 Å². The number of nitro benzene ring substituents is 1. The van der Waals surface area contributed by atoms with Gasteiger partial charge in [0.05, 0.1) is 41.3 Å². The number of unbranched alkanes of at least 4 members (excludes halogenated alkanes) is 1. The van der Waals surface area contributed by atoms with Crippen LogP contribution in [0.25, 0.3) is 0 Å². The minimum atomic E-state index is -5.14. The van der Waals surface area contributed by atoms with Gasteiger partial charge >= 0.3 is 18.1 Å². The number of benzene rings is 2. The predicted molar refractivity (Wildman–Crippen MR) is 160 cm³/mol. The second-order valence-electron chi connectivity index (χ2n) is 10.4. The van der Waals surface area contributed by atoms with E-state index in [9.17, 15) is 47.9 Å². The van der Waals surface area contributed by atoms with Crippen molar-refractivity contribution < 1.29 is 56.9 Å². The molecule has 254 valence electrons. The van der Waals surface area contributed by atoms with E-state index in [1.54, 1.807) is 24.3 Å². The lowest BCUT2D eigenvalue weighted by Crippen LogP contribution is -2.38. The molecule has 0 saturated heterocycles. The van der Waals surface area contributed by atoms with Crippen molar-refractivity contribution in [1.29, 1.82) is 0 Å². The van der Waals surface area contributed by atoms with Gasteiger partial charge in [-0.05, 0) is 51.4 Å². The zero-order chi connectivity index (χ0) is 34.9. The Bertz CT molecular complexity index is 1570. The van der Waals surface area contributed by atoms with Crippen LogP contribution >= 0.6 is 0 Å². The molecule has 0 fully saturated rings. The second-order valence-corrected chi connectivity index (χ2v) is 10.4. The molecule has 1 heterocycles. The van der Waals surface area contributed by atoms with E-state index in [2.05, 4.69) is 10.1 Å². The maximum Gasteiger partial charge on any atom is 0.431 e. The van der Waals surface area contributed by atoms with E-state index < -0.39 is 63.3 Å². The van der Waals surface area contributed by atoms with E-state index in [0.29, 0.717) is 30.7 Å². The zero-order valence-corrected chi connectivity index (χ0v) is 25.7. The Balaban J connectivity index is 1.71. The molecule has 47 heavy (non-hydrogen) atoms. The lowest BCUT2D eigenvalue weighted by atomic mass is 9.79. The van der Waals surface area contributed by atoms with Crippen LogP contribution in [0.1, 0.15) is 48.5 Å². The van der Waals surface area contributed by atoms with Gasteiger partial charge in [0.2, 0.25) is 0 Å². The number of halogens is 3. The molecule has 13 nitrogen and oxygen atoms in total. The van der Waals surface area contributed by atoms with Crippen molar-refractivity contribution in [2.45, 2.75) is 44.9 Å². The molecule has 2 unspecified atom stereocenters. The fourth-order valence-electron chi connectivity index (χ4n) is 4.91. The van der Waals surface area contributed by atoms with Crippen LogP contribution in [0.5, 0.6) is 11.5 Å². The fraction of sp³-hybridized carbons (Fsp3) is 0.387. The molecular formula is C31H34F3N3O10. The summed E-state index contributed by atoms with van der Waals surface area (Å²) in [5, 5.41) is 36.8. The van der Waals surface area contributed by atoms with Gasteiger partial charge in [0.1, 0.15) is 29.9 Å². The Labute approximate surface area is 267 Å². The van der Waals surface area contributed by atoms with Crippen molar-refractivity contribution in [3.8, 4) is 11.5 Å². The van der Waals surface area contributed by atoms with Gasteiger partial charge < -0.3 is 35.1 Å². The number of dihydropyridines is 1. The number of alkyl halides is 3. The largest absolute Gasteiger partial charge is 0.493 e. The van der Waals surface area contributed by atoms with Crippen LogP contribution in [0.4, 0.5) is 18.9 Å². The van der Waals surface area contributed by atoms with Crippen LogP contribution in [0, 0.1) is 10.1 Å². The van der Waals surface area contributed by atoms with Crippen molar-refractivity contribution in [2.75, 3.05) is 33.4 Å². The van der Waals surface area contributed by atoms with Gasteiger partial charge in [0, 0.05) is 29.9 Å². The number of hydrogen-bond donors (Lipinski definition) is 4. The number of methoxy groups -OCH3 is 1. The topological polar surface area (TPSA) is 187 Å². The normalized spacial score (nSPS) is 15.5. The quantitative estimate of drug-likeness (QED) is 0.0664. The van der Waals surface area contributed by atoms with Crippen LogP contribution in [-0.4, -0.2) is 78.6 Å². The molecule has 2 aromatic carbocycles. The molecule has 0 spiro atoms. The number of nitrogens with one attached hydrogen (secondary N) is 2. The lowest BCUT2D eigenvalue weighted by molar-refractivity contribution is -0.384. The number of aliphatic hydroxyl groups excluding tert-OH is 1. The molecule has 2 aromatic rings. The molecule has 1 aliphatic heterocycles. The standard InChI is InChI=1S/C31H34F3N3O10/c1-17-25(29(40)41)26(27(30(42)45-3)28(36-17)31(32,33)34)22-14-19(37(43)44)10-11-24(22)46-13-7-6-12-35-15-20(39)16-47-23-9-5-4-8-21(23)18(2)38/h4-5,8-11,14,20,26,35-36,39H,6-7,12-13,15-16H2,1-3H3,(H,40,41). The average Bonchev–Trinajstić information content (AvgIpc) is 3.01. The van der Waals surface area contributed by atoms with Crippen LogP contribution < -0.4 is 20.1 Å². The van der Waals surface area contributed by atoms with E-state index in [-0.39, 0.29) is 36.9 Å². The number of carbonyl (C=O) groups excluding carboxylic acids is 2. The van der Waals surface area contributed by atoms with E-state index in [0.717, 1.165) is 32.2 Å². The van der Waals surface area contributed by atoms with Gasteiger partial charge in [-0.2, -0.15) is 13.2 Å². The van der Waals surface area contributed by atoms with Crippen molar-refractivity contribution in [3.63, 3.8) is 0 Å². The number of rotatable bonds is 16. The molecular weight excluding hydrogens is 631 g/mol. The smallest absolute Gasteiger partial charge is 0.431 e. The summed E-state index contributed by atoms with van der Waals surface area (Å²) in [7, 11) is 0.824. The zero-order valence-electron chi connectivity index (χ0n) is 25.7. The Morgan fingerprint density at radius 3 is 2.40 bits per heavy atom. The molecule has 2 atom stereocenters. The van der Waals surface area contributed by atoms with E-state index in [1.165, 1.54) is 6.92 Å². The summed E-state index contributed by atoms with van der Waals surface area (Å²) in [6.07, 6.45) is -5.15. The third-order valence-corrected chi connectivity index (χ3v) is 7.08. The predicted octanol–water partition coefficient (Wildman–Crippen LogP) is 4.02. The number of allylic oxidation sites excluding steroid dienone is 2. The fourth-order valence-corrected chi connectivity index (χ4v) is 4.91. The van der Waals surface area contributed by atoms with Crippen molar-refractivity contribution in [1.82, 2.24) is 10.6 Å². The van der Waals surface area contributed by atoms with Crippen molar-refractivity contribution in [2.24, 2.45) is 0 Å². The first kappa shape index (κ1) is 36.5. The van der Waals surface area contributed by atoms with E-state index >= 15 is 0 Å². The molecule has 16 heteroatoms. The second kappa shape index (κ2) is 16.0. The summed E-state index contributed by atoms with van der Waals surface area (Å²) in [4.78, 5) is 47.5. The number of carboxylic acids is 1. The van der Waals surface area contributed by atoms with Gasteiger partial charge in [-0.1, -0.05) is 12.1 Å². The van der Waals surface area contributed by atoms with Gasteiger partial charge in [0.15, 0.2) is 5.78 Å². The first-order valence-electron chi connectivity index (χ1n) is 14.3. The van der Waals surface area contributed by atoms with Gasteiger partial charge in [-0.15, -0.1) is 0 Å². The SMILES string of the molecule is COC(=O)C1=C(C(F)(F)F)NC(C)=C(C(=O)O)C1c1cc([N+](=O)[O-])ccc1OCCCCNCC(O)COc1ccccc1C(C)=O. The molecule has 1 aliphatic rings. The first-order valence-corrected chi connectivity index (χ1v) is 14.3. The number of aliphatic hydroxyl groups is 1. The van der Waals surface area contributed by atoms with Gasteiger partial charge in [0.25, 0.3) is 5.69 Å². The Morgan fingerprint density at radius 2 is 1.79 bits per heavy atom. The summed E-state index contributed by atoms with van der Waals surface area (Å²) in [5.74, 6) is -5.06. The van der Waals surface area contributed by atoms with Crippen LogP contribution in [-0.2, 0) is 14.3 Å². The number of hydrogen-bond acceptors (Lipinski definition) is 11. The van der Waals surface area contributed by atoms with E-state index in [4.69, 9.17) is 9.47 Å². The van der Waals surface area contributed by atoms with Gasteiger partial charge in [-0.3, -0.25) is 14.9 Å². The maximum atomic E-state index is 14.1. The highest BCUT2D eigenvalue weighted by atomic mass is 19.4.